The molecule has 2 aromatic heterocycles. The van der Waals surface area contributed by atoms with E-state index in [0.717, 1.165) is 17.7 Å². The maximum atomic E-state index is 12.3. The molecule has 1 aliphatic rings. The van der Waals surface area contributed by atoms with Crippen LogP contribution < -0.4 is 15.0 Å². The Balaban J connectivity index is 1.62. The topological polar surface area (TPSA) is 80.4 Å². The van der Waals surface area contributed by atoms with Gasteiger partial charge < -0.3 is 18.8 Å². The Bertz CT molecular complexity index is 1040. The summed E-state index contributed by atoms with van der Waals surface area (Å²) in [5.41, 5.74) is 0.683. The molecule has 8 nitrogen and oxygen atoms in total. The summed E-state index contributed by atoms with van der Waals surface area (Å²) in [4.78, 5) is 17.0. The number of aromatic nitrogens is 4. The molecule has 0 amide bonds. The van der Waals surface area contributed by atoms with Crippen LogP contribution >= 0.6 is 0 Å². The number of rotatable bonds is 7. The zero-order valence-electron chi connectivity index (χ0n) is 16.6. The van der Waals surface area contributed by atoms with Crippen LogP contribution in [0, 0.1) is 0 Å². The highest BCUT2D eigenvalue weighted by Gasteiger charge is 2.24. The Labute approximate surface area is 168 Å². The van der Waals surface area contributed by atoms with Gasteiger partial charge in [0.05, 0.1) is 19.8 Å². The van der Waals surface area contributed by atoms with Crippen LogP contribution in [0.2, 0.25) is 0 Å². The van der Waals surface area contributed by atoms with E-state index in [2.05, 4.69) is 10.1 Å². The Morgan fingerprint density at radius 1 is 1.24 bits per heavy atom. The van der Waals surface area contributed by atoms with Crippen LogP contribution in [0.5, 0.6) is 11.5 Å². The van der Waals surface area contributed by atoms with Crippen LogP contribution in [-0.4, -0.2) is 39.7 Å². The van der Waals surface area contributed by atoms with E-state index in [4.69, 9.17) is 14.2 Å². The summed E-state index contributed by atoms with van der Waals surface area (Å²) in [5.74, 6) is 2.61. The minimum Gasteiger partial charge on any atom is -0.497 e. The highest BCUT2D eigenvalue weighted by atomic mass is 16.5. The lowest BCUT2D eigenvalue weighted by molar-refractivity contribution is 0.184. The van der Waals surface area contributed by atoms with Gasteiger partial charge in [-0.2, -0.15) is 5.10 Å². The molecule has 0 aliphatic carbocycles. The van der Waals surface area contributed by atoms with E-state index in [0.29, 0.717) is 37.2 Å². The molecule has 1 unspecified atom stereocenters. The van der Waals surface area contributed by atoms with E-state index < -0.39 is 0 Å². The molecule has 1 aromatic carbocycles. The SMILES string of the molecule is CCn1ccc(-c2nc(COc3cccc(OC)c3)nn2C2CCOC2)cc1=O. The second kappa shape index (κ2) is 8.48. The number of benzene rings is 1. The number of nitrogens with zero attached hydrogens (tertiary/aromatic N) is 4. The lowest BCUT2D eigenvalue weighted by atomic mass is 10.2. The van der Waals surface area contributed by atoms with Crippen LogP contribution in [0.1, 0.15) is 25.2 Å². The van der Waals surface area contributed by atoms with Crippen LogP contribution in [0.4, 0.5) is 0 Å². The maximum absolute atomic E-state index is 12.3. The third-order valence-corrected chi connectivity index (χ3v) is 4.93. The number of ether oxygens (including phenoxy) is 3. The van der Waals surface area contributed by atoms with Crippen LogP contribution in [0.15, 0.2) is 47.4 Å². The lowest BCUT2D eigenvalue weighted by Crippen LogP contribution is -2.18. The quantitative estimate of drug-likeness (QED) is 0.611. The van der Waals surface area contributed by atoms with Crippen molar-refractivity contribution in [1.82, 2.24) is 19.3 Å². The number of hydrogen-bond donors (Lipinski definition) is 0. The van der Waals surface area contributed by atoms with Crippen molar-refractivity contribution in [2.75, 3.05) is 20.3 Å². The summed E-state index contributed by atoms with van der Waals surface area (Å²) in [6.45, 7) is 4.05. The number of hydrogen-bond acceptors (Lipinski definition) is 6. The molecular weight excluding hydrogens is 372 g/mol. The predicted octanol–water partition coefficient (Wildman–Crippen LogP) is 2.68. The van der Waals surface area contributed by atoms with Crippen molar-refractivity contribution in [2.24, 2.45) is 0 Å². The van der Waals surface area contributed by atoms with Gasteiger partial charge in [-0.25, -0.2) is 9.67 Å². The lowest BCUT2D eigenvalue weighted by Gasteiger charge is -2.11. The van der Waals surface area contributed by atoms with E-state index in [1.165, 1.54) is 0 Å². The first-order chi connectivity index (χ1) is 14.2. The minimum absolute atomic E-state index is 0.0589. The molecule has 3 heterocycles. The predicted molar refractivity (Wildman–Crippen MR) is 107 cm³/mol. The normalized spacial score (nSPS) is 16.1. The fourth-order valence-electron chi connectivity index (χ4n) is 3.34. The second-order valence-corrected chi connectivity index (χ2v) is 6.82. The van der Waals surface area contributed by atoms with Gasteiger partial charge in [-0.05, 0) is 31.5 Å². The standard InChI is InChI=1S/C21H24N4O4/c1-3-24-9-7-15(11-20(24)26)21-22-19(23-25(21)16-8-10-28-13-16)14-29-18-6-4-5-17(12-18)27-2/h4-7,9,11-12,16H,3,8,10,13-14H2,1-2H3. The molecule has 29 heavy (non-hydrogen) atoms. The minimum atomic E-state index is -0.0589. The van der Waals surface area contributed by atoms with Crippen LogP contribution in [-0.2, 0) is 17.9 Å². The number of methoxy groups -OCH3 is 1. The molecule has 152 valence electrons. The molecule has 3 aromatic rings. The first-order valence-corrected chi connectivity index (χ1v) is 9.69. The Morgan fingerprint density at radius 3 is 2.83 bits per heavy atom. The maximum Gasteiger partial charge on any atom is 0.251 e. The van der Waals surface area contributed by atoms with Gasteiger partial charge >= 0.3 is 0 Å². The zero-order valence-corrected chi connectivity index (χ0v) is 16.6. The molecule has 0 radical (unpaired) electrons. The molecule has 1 saturated heterocycles. The molecule has 1 aliphatic heterocycles. The van der Waals surface area contributed by atoms with Gasteiger partial charge in [0.2, 0.25) is 0 Å². The van der Waals surface area contributed by atoms with Gasteiger partial charge in [-0.1, -0.05) is 6.07 Å². The Kier molecular flexibility index (Phi) is 5.62. The van der Waals surface area contributed by atoms with Crippen molar-refractivity contribution in [2.45, 2.75) is 32.5 Å². The first-order valence-electron chi connectivity index (χ1n) is 9.69. The van der Waals surface area contributed by atoms with Gasteiger partial charge in [-0.15, -0.1) is 0 Å². The van der Waals surface area contributed by atoms with Gasteiger partial charge in [0.1, 0.15) is 18.1 Å². The zero-order chi connectivity index (χ0) is 20.2. The molecular formula is C21H24N4O4. The third kappa shape index (κ3) is 4.17. The molecule has 0 spiro atoms. The van der Waals surface area contributed by atoms with Crippen molar-refractivity contribution in [3.8, 4) is 22.9 Å². The second-order valence-electron chi connectivity index (χ2n) is 6.82. The summed E-state index contributed by atoms with van der Waals surface area (Å²) in [5, 5.41) is 4.66. The third-order valence-electron chi connectivity index (χ3n) is 4.93. The van der Waals surface area contributed by atoms with Crippen LogP contribution in [0.3, 0.4) is 0 Å². The fourth-order valence-corrected chi connectivity index (χ4v) is 3.34. The molecule has 1 fully saturated rings. The molecule has 1 atom stereocenters. The Hall–Kier alpha value is -3.13. The van der Waals surface area contributed by atoms with E-state index in [-0.39, 0.29) is 18.2 Å². The molecule has 4 rings (SSSR count). The summed E-state index contributed by atoms with van der Waals surface area (Å²) >= 11 is 0. The average molecular weight is 396 g/mol. The Morgan fingerprint density at radius 2 is 2.10 bits per heavy atom. The summed E-state index contributed by atoms with van der Waals surface area (Å²) in [6, 6.07) is 11.0. The monoisotopic (exact) mass is 396 g/mol. The van der Waals surface area contributed by atoms with E-state index >= 15 is 0 Å². The van der Waals surface area contributed by atoms with Crippen molar-refractivity contribution < 1.29 is 14.2 Å². The van der Waals surface area contributed by atoms with Crippen LogP contribution in [0.25, 0.3) is 11.4 Å². The largest absolute Gasteiger partial charge is 0.497 e. The number of aryl methyl sites for hydroxylation is 1. The number of pyridine rings is 1. The van der Waals surface area contributed by atoms with E-state index in [9.17, 15) is 4.79 Å². The van der Waals surface area contributed by atoms with Crippen molar-refractivity contribution in [3.63, 3.8) is 0 Å². The summed E-state index contributed by atoms with van der Waals surface area (Å²) in [7, 11) is 1.62. The van der Waals surface area contributed by atoms with E-state index in [1.54, 1.807) is 23.9 Å². The smallest absolute Gasteiger partial charge is 0.251 e. The van der Waals surface area contributed by atoms with Crippen molar-refractivity contribution in [1.29, 1.82) is 0 Å². The highest BCUT2D eigenvalue weighted by molar-refractivity contribution is 5.54. The first kappa shape index (κ1) is 19.2. The molecule has 0 bridgehead atoms. The van der Waals surface area contributed by atoms with Crippen molar-refractivity contribution >= 4 is 0 Å². The van der Waals surface area contributed by atoms with Gasteiger partial charge in [0, 0.05) is 37.0 Å². The van der Waals surface area contributed by atoms with Gasteiger partial charge in [0.25, 0.3) is 5.56 Å². The molecule has 0 saturated carbocycles. The summed E-state index contributed by atoms with van der Waals surface area (Å²) < 4.78 is 20.1. The van der Waals surface area contributed by atoms with Gasteiger partial charge in [-0.3, -0.25) is 4.79 Å². The highest BCUT2D eigenvalue weighted by Crippen LogP contribution is 2.26. The van der Waals surface area contributed by atoms with Crippen molar-refractivity contribution in [3.05, 3.63) is 58.8 Å². The fraction of sp³-hybridized carbons (Fsp3) is 0.381. The molecule has 0 N–H and O–H groups in total. The van der Waals surface area contributed by atoms with Gasteiger partial charge in [0.15, 0.2) is 11.6 Å². The molecule has 8 heteroatoms. The average Bonchev–Trinajstić information content (AvgIpc) is 3.42. The summed E-state index contributed by atoms with van der Waals surface area (Å²) in [6.07, 6.45) is 2.65. The van der Waals surface area contributed by atoms with E-state index in [1.807, 2.05) is 41.9 Å².